The fourth-order valence-electron chi connectivity index (χ4n) is 3.13. The van der Waals surface area contributed by atoms with E-state index in [0.717, 1.165) is 37.2 Å². The molecule has 1 aromatic carbocycles. The van der Waals surface area contributed by atoms with Gasteiger partial charge in [0.1, 0.15) is 5.75 Å². The Bertz CT molecular complexity index is 342. The van der Waals surface area contributed by atoms with Gasteiger partial charge in [0.25, 0.3) is 0 Å². The smallest absolute Gasteiger partial charge is 0.119 e. The monoisotopic (exact) mass is 261 g/mol. The van der Waals surface area contributed by atoms with Crippen molar-refractivity contribution in [3.8, 4) is 5.75 Å². The number of hydrogen-bond donors (Lipinski definition) is 1. The summed E-state index contributed by atoms with van der Waals surface area (Å²) in [5, 5.41) is 3.73. The third kappa shape index (κ3) is 4.54. The summed E-state index contributed by atoms with van der Waals surface area (Å²) in [6, 6.07) is 10.8. The summed E-state index contributed by atoms with van der Waals surface area (Å²) in [6.45, 7) is 6.63. The number of para-hydroxylation sites is 1. The minimum atomic E-state index is 0.700. The molecule has 1 aliphatic rings. The fraction of sp³-hybridized carbons (Fsp3) is 0.647. The molecule has 1 saturated carbocycles. The molecular weight excluding hydrogens is 234 g/mol. The summed E-state index contributed by atoms with van der Waals surface area (Å²) < 4.78 is 5.71. The van der Waals surface area contributed by atoms with Crippen molar-refractivity contribution in [1.29, 1.82) is 0 Å². The second-order valence-electron chi connectivity index (χ2n) is 5.88. The van der Waals surface area contributed by atoms with Gasteiger partial charge in [-0.3, -0.25) is 0 Å². The van der Waals surface area contributed by atoms with E-state index in [1.807, 2.05) is 30.3 Å². The Hall–Kier alpha value is -1.02. The Balaban J connectivity index is 1.61. The molecule has 2 nitrogen and oxygen atoms in total. The van der Waals surface area contributed by atoms with Gasteiger partial charge in [-0.1, -0.05) is 38.5 Å². The van der Waals surface area contributed by atoms with E-state index in [1.165, 1.54) is 19.3 Å². The first-order valence-corrected chi connectivity index (χ1v) is 7.68. The first-order chi connectivity index (χ1) is 9.27. The van der Waals surface area contributed by atoms with Crippen molar-refractivity contribution in [3.05, 3.63) is 30.3 Å². The van der Waals surface area contributed by atoms with Gasteiger partial charge < -0.3 is 10.1 Å². The lowest BCUT2D eigenvalue weighted by molar-refractivity contribution is 0.204. The number of benzene rings is 1. The summed E-state index contributed by atoms with van der Waals surface area (Å²) in [5.41, 5.74) is 0. The van der Waals surface area contributed by atoms with Crippen LogP contribution in [0.3, 0.4) is 0 Å². The van der Waals surface area contributed by atoms with Gasteiger partial charge in [-0.2, -0.15) is 0 Å². The number of nitrogens with one attached hydrogen (secondary N) is 1. The maximum absolute atomic E-state index is 5.71. The Kier molecular flexibility index (Phi) is 5.71. The molecule has 19 heavy (non-hydrogen) atoms. The van der Waals surface area contributed by atoms with Crippen molar-refractivity contribution < 1.29 is 4.74 Å². The van der Waals surface area contributed by atoms with Crippen LogP contribution >= 0.6 is 0 Å². The van der Waals surface area contributed by atoms with Gasteiger partial charge in [0, 0.05) is 6.04 Å². The van der Waals surface area contributed by atoms with Crippen LogP contribution in [0.5, 0.6) is 5.75 Å². The van der Waals surface area contributed by atoms with Crippen LogP contribution in [-0.4, -0.2) is 19.2 Å². The third-order valence-electron chi connectivity index (χ3n) is 4.26. The zero-order valence-corrected chi connectivity index (χ0v) is 12.3. The molecule has 1 aromatic rings. The lowest BCUT2D eigenvalue weighted by Crippen LogP contribution is -2.43. The summed E-state index contributed by atoms with van der Waals surface area (Å²) in [6.07, 6.45) is 5.23. The van der Waals surface area contributed by atoms with E-state index in [2.05, 4.69) is 19.2 Å². The SMILES string of the molecule is CC1CCCC(C)C1NCCCOc1ccccc1. The first-order valence-electron chi connectivity index (χ1n) is 7.68. The Labute approximate surface area is 117 Å². The molecule has 106 valence electrons. The van der Waals surface area contributed by atoms with Crippen LogP contribution in [0.4, 0.5) is 0 Å². The van der Waals surface area contributed by atoms with Crippen LogP contribution in [0.25, 0.3) is 0 Å². The normalized spacial score (nSPS) is 27.2. The van der Waals surface area contributed by atoms with Crippen LogP contribution in [0.2, 0.25) is 0 Å². The predicted molar refractivity (Wildman–Crippen MR) is 80.5 cm³/mol. The van der Waals surface area contributed by atoms with Gasteiger partial charge >= 0.3 is 0 Å². The highest BCUT2D eigenvalue weighted by Crippen LogP contribution is 2.28. The molecule has 1 aliphatic carbocycles. The lowest BCUT2D eigenvalue weighted by atomic mass is 9.79. The Morgan fingerprint density at radius 2 is 1.79 bits per heavy atom. The molecule has 0 aromatic heterocycles. The predicted octanol–water partition coefficient (Wildman–Crippen LogP) is 3.87. The molecule has 2 unspecified atom stereocenters. The molecular formula is C17H27NO. The van der Waals surface area contributed by atoms with Gasteiger partial charge in [-0.15, -0.1) is 0 Å². The van der Waals surface area contributed by atoms with E-state index >= 15 is 0 Å². The summed E-state index contributed by atoms with van der Waals surface area (Å²) in [7, 11) is 0. The average molecular weight is 261 g/mol. The van der Waals surface area contributed by atoms with Gasteiger partial charge in [0.2, 0.25) is 0 Å². The Morgan fingerprint density at radius 1 is 1.11 bits per heavy atom. The highest BCUT2D eigenvalue weighted by atomic mass is 16.5. The minimum absolute atomic E-state index is 0.700. The molecule has 0 aliphatic heterocycles. The standard InChI is InChI=1S/C17H27NO/c1-14-8-6-9-15(2)17(14)18-12-7-13-19-16-10-4-3-5-11-16/h3-5,10-11,14-15,17-18H,6-9,12-13H2,1-2H3. The quantitative estimate of drug-likeness (QED) is 0.785. The van der Waals surface area contributed by atoms with Crippen molar-refractivity contribution in [2.45, 2.75) is 45.6 Å². The van der Waals surface area contributed by atoms with Crippen molar-refractivity contribution in [2.75, 3.05) is 13.2 Å². The topological polar surface area (TPSA) is 21.3 Å². The van der Waals surface area contributed by atoms with E-state index in [-0.39, 0.29) is 0 Å². The van der Waals surface area contributed by atoms with E-state index in [9.17, 15) is 0 Å². The van der Waals surface area contributed by atoms with E-state index in [4.69, 9.17) is 4.74 Å². The Morgan fingerprint density at radius 3 is 2.47 bits per heavy atom. The number of rotatable bonds is 6. The molecule has 0 amide bonds. The minimum Gasteiger partial charge on any atom is -0.494 e. The maximum Gasteiger partial charge on any atom is 0.119 e. The largest absolute Gasteiger partial charge is 0.494 e. The van der Waals surface area contributed by atoms with Gasteiger partial charge in [0.15, 0.2) is 0 Å². The molecule has 0 saturated heterocycles. The molecule has 2 heteroatoms. The first kappa shape index (κ1) is 14.4. The van der Waals surface area contributed by atoms with Crippen LogP contribution < -0.4 is 10.1 Å². The third-order valence-corrected chi connectivity index (χ3v) is 4.26. The molecule has 2 atom stereocenters. The van der Waals surface area contributed by atoms with Crippen molar-refractivity contribution >= 4 is 0 Å². The fourth-order valence-corrected chi connectivity index (χ4v) is 3.13. The van der Waals surface area contributed by atoms with Gasteiger partial charge in [-0.25, -0.2) is 0 Å². The van der Waals surface area contributed by atoms with Crippen LogP contribution in [0.15, 0.2) is 30.3 Å². The molecule has 1 N–H and O–H groups in total. The second-order valence-corrected chi connectivity index (χ2v) is 5.88. The van der Waals surface area contributed by atoms with Gasteiger partial charge in [-0.05, 0) is 49.8 Å². The highest BCUT2D eigenvalue weighted by molar-refractivity contribution is 5.20. The zero-order valence-electron chi connectivity index (χ0n) is 12.3. The van der Waals surface area contributed by atoms with E-state index < -0.39 is 0 Å². The maximum atomic E-state index is 5.71. The number of ether oxygens (including phenoxy) is 1. The summed E-state index contributed by atoms with van der Waals surface area (Å²) in [5.74, 6) is 2.61. The van der Waals surface area contributed by atoms with Crippen LogP contribution in [-0.2, 0) is 0 Å². The van der Waals surface area contributed by atoms with E-state index in [1.54, 1.807) is 0 Å². The average Bonchev–Trinajstić information content (AvgIpc) is 2.42. The summed E-state index contributed by atoms with van der Waals surface area (Å²) >= 11 is 0. The van der Waals surface area contributed by atoms with Crippen molar-refractivity contribution in [3.63, 3.8) is 0 Å². The van der Waals surface area contributed by atoms with Crippen LogP contribution in [0.1, 0.15) is 39.5 Å². The molecule has 0 heterocycles. The van der Waals surface area contributed by atoms with Crippen LogP contribution in [0, 0.1) is 11.8 Å². The van der Waals surface area contributed by atoms with Crippen molar-refractivity contribution in [1.82, 2.24) is 5.32 Å². The number of hydrogen-bond acceptors (Lipinski definition) is 2. The zero-order chi connectivity index (χ0) is 13.5. The molecule has 2 rings (SSSR count). The molecule has 1 fully saturated rings. The van der Waals surface area contributed by atoms with Crippen molar-refractivity contribution in [2.24, 2.45) is 11.8 Å². The highest BCUT2D eigenvalue weighted by Gasteiger charge is 2.26. The second kappa shape index (κ2) is 7.54. The molecule has 0 spiro atoms. The van der Waals surface area contributed by atoms with Gasteiger partial charge in [0.05, 0.1) is 6.61 Å². The molecule has 0 radical (unpaired) electrons. The molecule has 0 bridgehead atoms. The van der Waals surface area contributed by atoms with E-state index in [0.29, 0.717) is 6.04 Å². The summed E-state index contributed by atoms with van der Waals surface area (Å²) in [4.78, 5) is 0. The lowest BCUT2D eigenvalue weighted by Gasteiger charge is -2.35.